The molecule has 1 aromatic carbocycles. The van der Waals surface area contributed by atoms with Gasteiger partial charge in [0.2, 0.25) is 5.91 Å². The summed E-state index contributed by atoms with van der Waals surface area (Å²) >= 11 is 1.36. The van der Waals surface area contributed by atoms with Crippen LogP contribution in [0.4, 0.5) is 11.4 Å². The van der Waals surface area contributed by atoms with E-state index in [1.807, 2.05) is 11.4 Å². The summed E-state index contributed by atoms with van der Waals surface area (Å²) in [6, 6.07) is 8.59. The van der Waals surface area contributed by atoms with Gasteiger partial charge in [0.05, 0.1) is 17.7 Å². The van der Waals surface area contributed by atoms with Crippen molar-refractivity contribution in [1.29, 1.82) is 0 Å². The highest BCUT2D eigenvalue weighted by Gasteiger charge is 2.11. The monoisotopic (exact) mass is 319 g/mol. The van der Waals surface area contributed by atoms with Crippen LogP contribution in [0.15, 0.2) is 35.7 Å². The smallest absolute Gasteiger partial charge is 0.265 e. The van der Waals surface area contributed by atoms with Crippen molar-refractivity contribution >= 4 is 34.5 Å². The zero-order valence-corrected chi connectivity index (χ0v) is 12.9. The van der Waals surface area contributed by atoms with Gasteiger partial charge in [-0.25, -0.2) is 0 Å². The van der Waals surface area contributed by atoms with Gasteiger partial charge >= 0.3 is 0 Å². The molecule has 0 aliphatic carbocycles. The van der Waals surface area contributed by atoms with Crippen molar-refractivity contribution in [1.82, 2.24) is 0 Å². The Labute approximate surface area is 132 Å². The number of carbonyl (C=O) groups excluding carboxylic acids is 2. The Bertz CT molecular complexity index is 656. The first-order valence-corrected chi connectivity index (χ1v) is 7.55. The molecule has 2 rings (SSSR count). The third-order valence-corrected chi connectivity index (χ3v) is 3.72. The lowest BCUT2D eigenvalue weighted by Gasteiger charge is -2.12. The second kappa shape index (κ2) is 7.58. The van der Waals surface area contributed by atoms with E-state index in [1.165, 1.54) is 18.4 Å². The molecule has 0 aliphatic heterocycles. The van der Waals surface area contributed by atoms with Crippen LogP contribution in [0.5, 0.6) is 5.75 Å². The summed E-state index contributed by atoms with van der Waals surface area (Å²) in [7, 11) is 1.50. The van der Waals surface area contributed by atoms with Crippen LogP contribution < -0.4 is 21.1 Å². The minimum Gasteiger partial charge on any atom is -0.494 e. The predicted molar refractivity (Wildman–Crippen MR) is 87.6 cm³/mol. The molecule has 6 nitrogen and oxygen atoms in total. The number of carbonyl (C=O) groups is 2. The number of hydrogen-bond acceptors (Lipinski definition) is 5. The van der Waals surface area contributed by atoms with E-state index >= 15 is 0 Å². The maximum atomic E-state index is 12.1. The largest absolute Gasteiger partial charge is 0.494 e. The molecule has 0 saturated heterocycles. The summed E-state index contributed by atoms with van der Waals surface area (Å²) in [6.45, 7) is 0.290. The molecule has 0 fully saturated rings. The van der Waals surface area contributed by atoms with Gasteiger partial charge in [-0.05, 0) is 23.6 Å². The van der Waals surface area contributed by atoms with Crippen molar-refractivity contribution < 1.29 is 14.3 Å². The Morgan fingerprint density at radius 1 is 1.27 bits per heavy atom. The fourth-order valence-electron chi connectivity index (χ4n) is 1.82. The molecule has 0 saturated carbocycles. The number of methoxy groups -OCH3 is 1. The molecule has 2 aromatic rings. The maximum absolute atomic E-state index is 12.1. The van der Waals surface area contributed by atoms with Crippen molar-refractivity contribution in [3.63, 3.8) is 0 Å². The summed E-state index contributed by atoms with van der Waals surface area (Å²) in [6.07, 6.45) is 0.249. The molecule has 0 radical (unpaired) electrons. The van der Waals surface area contributed by atoms with E-state index in [-0.39, 0.29) is 24.8 Å². The number of ether oxygens (including phenoxy) is 1. The molecule has 0 aliphatic rings. The van der Waals surface area contributed by atoms with Gasteiger partial charge in [-0.3, -0.25) is 9.59 Å². The van der Waals surface area contributed by atoms with Crippen LogP contribution in [-0.2, 0) is 4.79 Å². The van der Waals surface area contributed by atoms with Crippen LogP contribution in [0.2, 0.25) is 0 Å². The molecule has 2 amide bonds. The second-order valence-corrected chi connectivity index (χ2v) is 5.38. The number of hydrogen-bond donors (Lipinski definition) is 3. The molecular formula is C15H17N3O3S. The minimum atomic E-state index is -0.201. The molecule has 1 aromatic heterocycles. The second-order valence-electron chi connectivity index (χ2n) is 4.43. The predicted octanol–water partition coefficient (Wildman–Crippen LogP) is 2.30. The van der Waals surface area contributed by atoms with Gasteiger partial charge in [0.25, 0.3) is 5.91 Å². The zero-order chi connectivity index (χ0) is 15.9. The molecule has 4 N–H and O–H groups in total. The van der Waals surface area contributed by atoms with E-state index in [2.05, 4.69) is 10.6 Å². The molecular weight excluding hydrogens is 302 g/mol. The summed E-state index contributed by atoms with van der Waals surface area (Å²) in [5.74, 6) is 0.101. The third-order valence-electron chi connectivity index (χ3n) is 2.85. The Hall–Kier alpha value is -2.38. The SMILES string of the molecule is COc1cc(NC(=O)CCN)ccc1NC(=O)c1cccs1. The van der Waals surface area contributed by atoms with Crippen molar-refractivity contribution in [3.05, 3.63) is 40.6 Å². The minimum absolute atomic E-state index is 0.167. The average Bonchev–Trinajstić information content (AvgIpc) is 3.03. The lowest BCUT2D eigenvalue weighted by atomic mass is 10.2. The van der Waals surface area contributed by atoms with Crippen molar-refractivity contribution in [2.24, 2.45) is 5.73 Å². The molecule has 0 unspecified atom stereocenters. The summed E-state index contributed by atoms with van der Waals surface area (Å²) < 4.78 is 5.26. The molecule has 7 heteroatoms. The lowest BCUT2D eigenvalue weighted by molar-refractivity contribution is -0.116. The number of anilines is 2. The fraction of sp³-hybridized carbons (Fsp3) is 0.200. The van der Waals surface area contributed by atoms with Gasteiger partial charge < -0.3 is 21.1 Å². The van der Waals surface area contributed by atoms with Crippen molar-refractivity contribution in [3.8, 4) is 5.75 Å². The quantitative estimate of drug-likeness (QED) is 0.761. The van der Waals surface area contributed by atoms with Crippen LogP contribution in [-0.4, -0.2) is 25.5 Å². The third kappa shape index (κ3) is 4.06. The summed E-state index contributed by atoms with van der Waals surface area (Å²) in [5.41, 5.74) is 6.46. The van der Waals surface area contributed by atoms with Gasteiger partial charge in [0, 0.05) is 24.7 Å². The Kier molecular flexibility index (Phi) is 5.51. The Balaban J connectivity index is 2.12. The van der Waals surface area contributed by atoms with Gasteiger partial charge in [-0.1, -0.05) is 6.07 Å². The average molecular weight is 319 g/mol. The van der Waals surface area contributed by atoms with Crippen LogP contribution >= 0.6 is 11.3 Å². The normalized spacial score (nSPS) is 10.1. The molecule has 116 valence electrons. The van der Waals surface area contributed by atoms with Crippen molar-refractivity contribution in [2.45, 2.75) is 6.42 Å². The highest BCUT2D eigenvalue weighted by molar-refractivity contribution is 7.12. The Morgan fingerprint density at radius 3 is 2.73 bits per heavy atom. The number of nitrogens with one attached hydrogen (secondary N) is 2. The van der Waals surface area contributed by atoms with Gasteiger partial charge in [0.1, 0.15) is 5.75 Å². The molecule has 22 heavy (non-hydrogen) atoms. The number of thiophene rings is 1. The zero-order valence-electron chi connectivity index (χ0n) is 12.1. The van der Waals surface area contributed by atoms with Gasteiger partial charge in [0.15, 0.2) is 0 Å². The lowest BCUT2D eigenvalue weighted by Crippen LogP contribution is -2.16. The molecule has 0 atom stereocenters. The molecule has 0 spiro atoms. The summed E-state index contributed by atoms with van der Waals surface area (Å²) in [5, 5.41) is 7.33. The van der Waals surface area contributed by atoms with E-state index < -0.39 is 0 Å². The highest BCUT2D eigenvalue weighted by atomic mass is 32.1. The van der Waals surface area contributed by atoms with Crippen LogP contribution in [0, 0.1) is 0 Å². The first-order chi connectivity index (χ1) is 10.6. The van der Waals surface area contributed by atoms with Crippen molar-refractivity contribution in [2.75, 3.05) is 24.3 Å². The number of rotatable bonds is 6. The maximum Gasteiger partial charge on any atom is 0.265 e. The van der Waals surface area contributed by atoms with Crippen LogP contribution in [0.25, 0.3) is 0 Å². The van der Waals surface area contributed by atoms with Crippen LogP contribution in [0.3, 0.4) is 0 Å². The van der Waals surface area contributed by atoms with E-state index in [4.69, 9.17) is 10.5 Å². The van der Waals surface area contributed by atoms with E-state index in [0.29, 0.717) is 22.0 Å². The topological polar surface area (TPSA) is 93.4 Å². The standard InChI is InChI=1S/C15H17N3O3S/c1-21-12-9-10(17-14(19)6-7-16)4-5-11(12)18-15(20)13-3-2-8-22-13/h2-5,8-9H,6-7,16H2,1H3,(H,17,19)(H,18,20). The fourth-order valence-corrected chi connectivity index (χ4v) is 2.44. The number of benzene rings is 1. The Morgan fingerprint density at radius 2 is 2.09 bits per heavy atom. The molecule has 1 heterocycles. The van der Waals surface area contributed by atoms with E-state index in [0.717, 1.165) is 0 Å². The van der Waals surface area contributed by atoms with Gasteiger partial charge in [-0.15, -0.1) is 11.3 Å². The summed E-state index contributed by atoms with van der Waals surface area (Å²) in [4.78, 5) is 24.2. The first kappa shape index (κ1) is 16.0. The van der Waals surface area contributed by atoms with Gasteiger partial charge in [-0.2, -0.15) is 0 Å². The number of nitrogens with two attached hydrogens (primary N) is 1. The van der Waals surface area contributed by atoms with Crippen LogP contribution in [0.1, 0.15) is 16.1 Å². The highest BCUT2D eigenvalue weighted by Crippen LogP contribution is 2.28. The number of amides is 2. The van der Waals surface area contributed by atoms with E-state index in [1.54, 1.807) is 24.3 Å². The van der Waals surface area contributed by atoms with E-state index in [9.17, 15) is 9.59 Å². The first-order valence-electron chi connectivity index (χ1n) is 6.67. The molecule has 0 bridgehead atoms.